The van der Waals surface area contributed by atoms with Gasteiger partial charge in [-0.05, 0) is 26.8 Å². The lowest BCUT2D eigenvalue weighted by Gasteiger charge is -2.11. The number of amides is 1. The quantitative estimate of drug-likeness (QED) is 0.472. The summed E-state index contributed by atoms with van der Waals surface area (Å²) >= 11 is 0. The summed E-state index contributed by atoms with van der Waals surface area (Å²) in [5.74, 6) is -0.111. The monoisotopic (exact) mass is 229 g/mol. The molecule has 0 heterocycles. The fraction of sp³-hybridized carbons (Fsp3) is 0.818. The Labute approximate surface area is 97.2 Å². The van der Waals surface area contributed by atoms with Gasteiger partial charge in [0.25, 0.3) is 0 Å². The molecule has 94 valence electrons. The molecule has 16 heavy (non-hydrogen) atoms. The van der Waals surface area contributed by atoms with E-state index in [0.29, 0.717) is 32.0 Å². The lowest BCUT2D eigenvalue weighted by atomic mass is 10.1. The van der Waals surface area contributed by atoms with E-state index in [4.69, 9.17) is 5.73 Å². The van der Waals surface area contributed by atoms with E-state index in [1.165, 1.54) is 0 Å². The molecule has 0 aliphatic carbocycles. The molecule has 0 bridgehead atoms. The first-order valence-electron chi connectivity index (χ1n) is 5.73. The zero-order valence-electron chi connectivity index (χ0n) is 10.2. The van der Waals surface area contributed by atoms with E-state index in [1.54, 1.807) is 0 Å². The minimum absolute atomic E-state index is 0.0313. The second-order valence-electron chi connectivity index (χ2n) is 4.00. The lowest BCUT2D eigenvalue weighted by molar-refractivity contribution is -0.121. The number of aldehydes is 1. The Kier molecular flexibility index (Phi) is 8.75. The molecule has 0 aromatic carbocycles. The largest absolute Gasteiger partial charge is 0.356 e. The summed E-state index contributed by atoms with van der Waals surface area (Å²) in [6.07, 6.45) is 2.79. The molecule has 0 saturated heterocycles. The molecule has 4 N–H and O–H groups in total. The van der Waals surface area contributed by atoms with Gasteiger partial charge in [-0.3, -0.25) is 4.79 Å². The third-order valence-corrected chi connectivity index (χ3v) is 2.63. The van der Waals surface area contributed by atoms with Crippen molar-refractivity contribution in [1.29, 1.82) is 0 Å². The van der Waals surface area contributed by atoms with Crippen LogP contribution in [0, 0.1) is 5.92 Å². The minimum Gasteiger partial charge on any atom is -0.356 e. The summed E-state index contributed by atoms with van der Waals surface area (Å²) in [6, 6.07) is 0.345. The smallest absolute Gasteiger partial charge is 0.220 e. The predicted octanol–water partition coefficient (Wildman–Crippen LogP) is -0.345. The van der Waals surface area contributed by atoms with E-state index in [9.17, 15) is 9.59 Å². The van der Waals surface area contributed by atoms with Crippen molar-refractivity contribution in [1.82, 2.24) is 10.6 Å². The van der Waals surface area contributed by atoms with Crippen molar-refractivity contribution in [2.24, 2.45) is 11.7 Å². The van der Waals surface area contributed by atoms with E-state index in [1.807, 2.05) is 14.0 Å². The minimum atomic E-state index is -0.142. The SMILES string of the molecule is CNC(C)CCC(=O)NCCC(C=O)CN. The number of nitrogens with two attached hydrogens (primary N) is 1. The number of hydrogen-bond donors (Lipinski definition) is 3. The third-order valence-electron chi connectivity index (χ3n) is 2.63. The van der Waals surface area contributed by atoms with Crippen molar-refractivity contribution in [3.63, 3.8) is 0 Å². The average Bonchev–Trinajstić information content (AvgIpc) is 2.31. The maximum absolute atomic E-state index is 11.4. The van der Waals surface area contributed by atoms with Crippen LogP contribution in [-0.4, -0.2) is 38.4 Å². The number of carbonyl (C=O) groups excluding carboxylic acids is 2. The van der Waals surface area contributed by atoms with Crippen molar-refractivity contribution in [2.45, 2.75) is 32.2 Å². The van der Waals surface area contributed by atoms with Crippen LogP contribution in [0.4, 0.5) is 0 Å². The zero-order chi connectivity index (χ0) is 12.4. The first kappa shape index (κ1) is 15.1. The first-order valence-corrected chi connectivity index (χ1v) is 5.73. The summed E-state index contributed by atoms with van der Waals surface area (Å²) in [5.41, 5.74) is 5.36. The van der Waals surface area contributed by atoms with E-state index in [-0.39, 0.29) is 11.8 Å². The van der Waals surface area contributed by atoms with Crippen LogP contribution < -0.4 is 16.4 Å². The van der Waals surface area contributed by atoms with Gasteiger partial charge in [0, 0.05) is 31.5 Å². The Hall–Kier alpha value is -0.940. The molecular weight excluding hydrogens is 206 g/mol. The molecular formula is C11H23N3O2. The Bertz CT molecular complexity index is 209. The van der Waals surface area contributed by atoms with E-state index >= 15 is 0 Å². The Morgan fingerprint density at radius 2 is 2.12 bits per heavy atom. The van der Waals surface area contributed by atoms with Crippen molar-refractivity contribution < 1.29 is 9.59 Å². The van der Waals surface area contributed by atoms with Crippen LogP contribution in [0.25, 0.3) is 0 Å². The predicted molar refractivity (Wildman–Crippen MR) is 64.0 cm³/mol. The molecule has 2 unspecified atom stereocenters. The second kappa shape index (κ2) is 9.30. The van der Waals surface area contributed by atoms with Crippen LogP contribution in [-0.2, 0) is 9.59 Å². The Morgan fingerprint density at radius 3 is 2.62 bits per heavy atom. The van der Waals surface area contributed by atoms with Crippen molar-refractivity contribution >= 4 is 12.2 Å². The fourth-order valence-corrected chi connectivity index (χ4v) is 1.22. The highest BCUT2D eigenvalue weighted by molar-refractivity contribution is 5.75. The molecule has 0 radical (unpaired) electrons. The molecule has 5 heteroatoms. The van der Waals surface area contributed by atoms with E-state index in [0.717, 1.165) is 12.7 Å². The standard InChI is InChI=1S/C11H23N3O2/c1-9(13-2)3-4-11(16)14-6-5-10(7-12)8-15/h8-10,13H,3-7,12H2,1-2H3,(H,14,16). The molecule has 0 aliphatic rings. The van der Waals surface area contributed by atoms with Crippen LogP contribution in [0.2, 0.25) is 0 Å². The molecule has 0 aromatic heterocycles. The summed E-state index contributed by atoms with van der Waals surface area (Å²) < 4.78 is 0. The van der Waals surface area contributed by atoms with Crippen LogP contribution in [0.15, 0.2) is 0 Å². The van der Waals surface area contributed by atoms with Crippen LogP contribution in [0.1, 0.15) is 26.2 Å². The Balaban J connectivity index is 3.54. The maximum atomic E-state index is 11.4. The summed E-state index contributed by atoms with van der Waals surface area (Å²) in [4.78, 5) is 21.8. The van der Waals surface area contributed by atoms with Crippen molar-refractivity contribution in [3.05, 3.63) is 0 Å². The summed E-state index contributed by atoms with van der Waals surface area (Å²) in [6.45, 7) is 2.90. The molecule has 0 aromatic rings. The van der Waals surface area contributed by atoms with Crippen LogP contribution in [0.5, 0.6) is 0 Å². The number of hydrogen-bond acceptors (Lipinski definition) is 4. The van der Waals surface area contributed by atoms with Gasteiger partial charge in [0.2, 0.25) is 5.91 Å². The third kappa shape index (κ3) is 7.36. The number of nitrogens with one attached hydrogen (secondary N) is 2. The highest BCUT2D eigenvalue weighted by Crippen LogP contribution is 1.97. The van der Waals surface area contributed by atoms with E-state index < -0.39 is 0 Å². The highest BCUT2D eigenvalue weighted by Gasteiger charge is 2.07. The fourth-order valence-electron chi connectivity index (χ4n) is 1.22. The molecule has 0 fully saturated rings. The van der Waals surface area contributed by atoms with Crippen LogP contribution >= 0.6 is 0 Å². The van der Waals surface area contributed by atoms with Gasteiger partial charge in [-0.25, -0.2) is 0 Å². The molecule has 2 atom stereocenters. The lowest BCUT2D eigenvalue weighted by Crippen LogP contribution is -2.30. The van der Waals surface area contributed by atoms with Gasteiger partial charge in [-0.2, -0.15) is 0 Å². The van der Waals surface area contributed by atoms with Gasteiger partial charge < -0.3 is 21.2 Å². The van der Waals surface area contributed by atoms with Gasteiger partial charge >= 0.3 is 0 Å². The Morgan fingerprint density at radius 1 is 1.44 bits per heavy atom. The average molecular weight is 229 g/mol. The second-order valence-corrected chi connectivity index (χ2v) is 4.00. The van der Waals surface area contributed by atoms with Gasteiger partial charge in [-0.1, -0.05) is 0 Å². The van der Waals surface area contributed by atoms with Crippen LogP contribution in [0.3, 0.4) is 0 Å². The molecule has 0 saturated carbocycles. The molecule has 5 nitrogen and oxygen atoms in total. The topological polar surface area (TPSA) is 84.2 Å². The van der Waals surface area contributed by atoms with E-state index in [2.05, 4.69) is 10.6 Å². The molecule has 0 aliphatic heterocycles. The van der Waals surface area contributed by atoms with Gasteiger partial charge in [0.05, 0.1) is 0 Å². The molecule has 0 rings (SSSR count). The summed E-state index contributed by atoms with van der Waals surface area (Å²) in [7, 11) is 1.87. The van der Waals surface area contributed by atoms with Gasteiger partial charge in [-0.15, -0.1) is 0 Å². The normalized spacial score (nSPS) is 14.2. The molecule has 1 amide bonds. The van der Waals surface area contributed by atoms with Gasteiger partial charge in [0.15, 0.2) is 0 Å². The first-order chi connectivity index (χ1) is 7.63. The number of carbonyl (C=O) groups is 2. The highest BCUT2D eigenvalue weighted by atomic mass is 16.1. The van der Waals surface area contributed by atoms with Crippen molar-refractivity contribution in [2.75, 3.05) is 20.1 Å². The zero-order valence-corrected chi connectivity index (χ0v) is 10.2. The number of rotatable bonds is 9. The van der Waals surface area contributed by atoms with Gasteiger partial charge in [0.1, 0.15) is 6.29 Å². The summed E-state index contributed by atoms with van der Waals surface area (Å²) in [5, 5.41) is 5.85. The van der Waals surface area contributed by atoms with Crippen molar-refractivity contribution in [3.8, 4) is 0 Å². The maximum Gasteiger partial charge on any atom is 0.220 e. The molecule has 0 spiro atoms.